The zero-order valence-corrected chi connectivity index (χ0v) is 10.9. The van der Waals surface area contributed by atoms with Gasteiger partial charge in [0.05, 0.1) is 18.6 Å². The van der Waals surface area contributed by atoms with Gasteiger partial charge in [-0.2, -0.15) is 13.2 Å². The van der Waals surface area contributed by atoms with Gasteiger partial charge in [-0.3, -0.25) is 4.79 Å². The maximum absolute atomic E-state index is 12.6. The van der Waals surface area contributed by atoms with Gasteiger partial charge in [-0.15, -0.1) is 0 Å². The van der Waals surface area contributed by atoms with Crippen LogP contribution in [0.2, 0.25) is 0 Å². The number of rotatable bonds is 5. The first-order valence-corrected chi connectivity index (χ1v) is 6.36. The summed E-state index contributed by atoms with van der Waals surface area (Å²) >= 11 is 0. The Morgan fingerprint density at radius 1 is 1.47 bits per heavy atom. The molecular formula is C12H20F3NO3. The molecule has 0 saturated heterocycles. The Labute approximate surface area is 110 Å². The lowest BCUT2D eigenvalue weighted by Gasteiger charge is -2.29. The predicted molar refractivity (Wildman–Crippen MR) is 62.4 cm³/mol. The predicted octanol–water partition coefficient (Wildman–Crippen LogP) is 1.48. The van der Waals surface area contributed by atoms with Crippen molar-refractivity contribution in [2.24, 2.45) is 11.8 Å². The van der Waals surface area contributed by atoms with Crippen molar-refractivity contribution >= 4 is 5.91 Å². The number of ether oxygens (including phenoxy) is 1. The first-order valence-electron chi connectivity index (χ1n) is 6.36. The fourth-order valence-corrected chi connectivity index (χ4v) is 2.34. The minimum Gasteiger partial charge on any atom is -0.389 e. The molecular weight excluding hydrogens is 263 g/mol. The lowest BCUT2D eigenvalue weighted by atomic mass is 9.80. The first kappa shape index (κ1) is 16.2. The third-order valence-corrected chi connectivity index (χ3v) is 3.38. The van der Waals surface area contributed by atoms with E-state index in [0.29, 0.717) is 12.8 Å². The van der Waals surface area contributed by atoms with Crippen LogP contribution >= 0.6 is 0 Å². The molecule has 0 radical (unpaired) electrons. The van der Waals surface area contributed by atoms with Crippen LogP contribution in [0.1, 0.15) is 25.7 Å². The van der Waals surface area contributed by atoms with Crippen molar-refractivity contribution < 1.29 is 27.8 Å². The molecule has 1 aliphatic rings. The molecule has 1 fully saturated rings. The normalized spacial score (nSPS) is 25.9. The number of alkyl halides is 3. The molecule has 0 aromatic rings. The van der Waals surface area contributed by atoms with Crippen LogP contribution in [0.4, 0.5) is 13.2 Å². The number of hydrogen-bond donors (Lipinski definition) is 2. The Kier molecular flexibility index (Phi) is 6.06. The van der Waals surface area contributed by atoms with Crippen LogP contribution in [0.5, 0.6) is 0 Å². The molecule has 4 nitrogen and oxygen atoms in total. The second-order valence-electron chi connectivity index (χ2n) is 4.96. The summed E-state index contributed by atoms with van der Waals surface area (Å²) in [5, 5.41) is 11.8. The van der Waals surface area contributed by atoms with E-state index in [2.05, 4.69) is 5.32 Å². The highest BCUT2D eigenvalue weighted by Gasteiger charge is 2.43. The molecule has 1 aliphatic carbocycles. The summed E-state index contributed by atoms with van der Waals surface area (Å²) in [5.41, 5.74) is 0. The highest BCUT2D eigenvalue weighted by atomic mass is 19.4. The number of amides is 1. The lowest BCUT2D eigenvalue weighted by molar-refractivity contribution is -0.186. The topological polar surface area (TPSA) is 58.6 Å². The summed E-state index contributed by atoms with van der Waals surface area (Å²) in [6.45, 7) is 0.0793. The number of aliphatic hydroxyl groups excluding tert-OH is 1. The average Bonchev–Trinajstić information content (AvgIpc) is 2.35. The van der Waals surface area contributed by atoms with Crippen molar-refractivity contribution in [2.75, 3.05) is 20.3 Å². The van der Waals surface area contributed by atoms with Gasteiger partial charge in [0.2, 0.25) is 5.91 Å². The Morgan fingerprint density at radius 2 is 2.16 bits per heavy atom. The fraction of sp³-hybridized carbons (Fsp3) is 0.917. The van der Waals surface area contributed by atoms with E-state index in [1.54, 1.807) is 0 Å². The van der Waals surface area contributed by atoms with Crippen molar-refractivity contribution in [3.63, 3.8) is 0 Å². The van der Waals surface area contributed by atoms with E-state index in [4.69, 9.17) is 4.74 Å². The van der Waals surface area contributed by atoms with Gasteiger partial charge in [-0.25, -0.2) is 0 Å². The lowest BCUT2D eigenvalue weighted by Crippen LogP contribution is -2.41. The maximum Gasteiger partial charge on any atom is 0.391 e. The molecule has 19 heavy (non-hydrogen) atoms. The average molecular weight is 283 g/mol. The van der Waals surface area contributed by atoms with Crippen LogP contribution in [0.3, 0.4) is 0 Å². The Morgan fingerprint density at radius 3 is 2.74 bits per heavy atom. The largest absolute Gasteiger partial charge is 0.391 e. The number of hydrogen-bond acceptors (Lipinski definition) is 3. The molecule has 0 heterocycles. The summed E-state index contributed by atoms with van der Waals surface area (Å²) in [4.78, 5) is 11.7. The highest BCUT2D eigenvalue weighted by molar-refractivity contribution is 5.78. The molecule has 3 unspecified atom stereocenters. The number of carbonyl (C=O) groups is 1. The van der Waals surface area contributed by atoms with Crippen LogP contribution in [-0.4, -0.2) is 43.6 Å². The maximum atomic E-state index is 12.6. The number of methoxy groups -OCH3 is 1. The summed E-state index contributed by atoms with van der Waals surface area (Å²) in [6, 6.07) is 0. The van der Waals surface area contributed by atoms with Crippen molar-refractivity contribution in [3.05, 3.63) is 0 Å². The quantitative estimate of drug-likeness (QED) is 0.803. The fourth-order valence-electron chi connectivity index (χ4n) is 2.34. The summed E-state index contributed by atoms with van der Waals surface area (Å²) in [5.74, 6) is -2.42. The van der Waals surface area contributed by atoms with Crippen LogP contribution < -0.4 is 5.32 Å². The van der Waals surface area contributed by atoms with E-state index >= 15 is 0 Å². The molecule has 3 atom stereocenters. The molecule has 0 spiro atoms. The smallest absolute Gasteiger partial charge is 0.389 e. The van der Waals surface area contributed by atoms with Gasteiger partial charge in [-0.05, 0) is 19.3 Å². The van der Waals surface area contributed by atoms with Gasteiger partial charge in [0.15, 0.2) is 0 Å². The van der Waals surface area contributed by atoms with Gasteiger partial charge in [0.1, 0.15) is 0 Å². The van der Waals surface area contributed by atoms with E-state index in [9.17, 15) is 23.1 Å². The van der Waals surface area contributed by atoms with Crippen LogP contribution in [-0.2, 0) is 9.53 Å². The van der Waals surface area contributed by atoms with E-state index < -0.39 is 30.0 Å². The minimum atomic E-state index is -4.23. The second-order valence-corrected chi connectivity index (χ2v) is 4.96. The van der Waals surface area contributed by atoms with Crippen molar-refractivity contribution in [1.82, 2.24) is 5.32 Å². The van der Waals surface area contributed by atoms with Crippen LogP contribution in [0.25, 0.3) is 0 Å². The molecule has 0 aromatic carbocycles. The minimum absolute atomic E-state index is 0.000141. The molecule has 0 aromatic heterocycles. The first-order chi connectivity index (χ1) is 8.84. The van der Waals surface area contributed by atoms with E-state index in [1.165, 1.54) is 7.11 Å². The van der Waals surface area contributed by atoms with Crippen LogP contribution in [0, 0.1) is 11.8 Å². The molecule has 7 heteroatoms. The van der Waals surface area contributed by atoms with Crippen molar-refractivity contribution in [3.8, 4) is 0 Å². The standard InChI is InChI=1S/C12H20F3NO3/c1-19-7-10(17)6-16-11(18)8-3-2-4-9(5-8)12(13,14)15/h8-10,17H,2-7H2,1H3,(H,16,18). The number of aliphatic hydroxyl groups is 1. The molecule has 0 aliphatic heterocycles. The molecule has 112 valence electrons. The molecule has 2 N–H and O–H groups in total. The van der Waals surface area contributed by atoms with E-state index in [0.717, 1.165) is 0 Å². The number of nitrogens with one attached hydrogen (secondary N) is 1. The summed E-state index contributed by atoms with van der Waals surface area (Å²) in [6.07, 6.45) is -4.25. The second kappa shape index (κ2) is 7.09. The van der Waals surface area contributed by atoms with E-state index in [-0.39, 0.29) is 26.0 Å². The summed E-state index contributed by atoms with van der Waals surface area (Å²) in [7, 11) is 1.42. The van der Waals surface area contributed by atoms with Gasteiger partial charge in [-0.1, -0.05) is 6.42 Å². The monoisotopic (exact) mass is 283 g/mol. The highest BCUT2D eigenvalue weighted by Crippen LogP contribution is 2.39. The van der Waals surface area contributed by atoms with Crippen LogP contribution in [0.15, 0.2) is 0 Å². The third kappa shape index (κ3) is 5.36. The van der Waals surface area contributed by atoms with Crippen molar-refractivity contribution in [1.29, 1.82) is 0 Å². The van der Waals surface area contributed by atoms with Gasteiger partial charge in [0, 0.05) is 19.6 Å². The summed E-state index contributed by atoms with van der Waals surface area (Å²) < 4.78 is 42.5. The Balaban J connectivity index is 2.40. The molecule has 0 bridgehead atoms. The molecule has 1 rings (SSSR count). The van der Waals surface area contributed by atoms with E-state index in [1.807, 2.05) is 0 Å². The zero-order valence-electron chi connectivity index (χ0n) is 10.9. The van der Waals surface area contributed by atoms with Crippen molar-refractivity contribution in [2.45, 2.75) is 38.0 Å². The SMILES string of the molecule is COCC(O)CNC(=O)C1CCCC(C(F)(F)F)C1. The van der Waals surface area contributed by atoms with Gasteiger partial charge in [0.25, 0.3) is 0 Å². The Hall–Kier alpha value is -0.820. The van der Waals surface area contributed by atoms with Gasteiger partial charge >= 0.3 is 6.18 Å². The zero-order chi connectivity index (χ0) is 14.5. The van der Waals surface area contributed by atoms with Gasteiger partial charge < -0.3 is 15.2 Å². The Bertz CT molecular complexity index is 296. The third-order valence-electron chi connectivity index (χ3n) is 3.38. The number of halogens is 3. The number of carbonyl (C=O) groups excluding carboxylic acids is 1. The molecule has 1 amide bonds. The molecule has 1 saturated carbocycles.